The number of nitrogens with two attached hydrogens (primary N) is 1. The average molecular weight is 303 g/mol. The van der Waals surface area contributed by atoms with Gasteiger partial charge in [-0.05, 0) is 36.9 Å². The fraction of sp³-hybridized carbons (Fsp3) is 0.643. The molecule has 21 heavy (non-hydrogen) atoms. The molecule has 1 aromatic heterocycles. The zero-order valence-electron chi connectivity index (χ0n) is 11.9. The number of nitrogens with zero attached hydrogens (tertiary/aromatic N) is 2. The average Bonchev–Trinajstić information content (AvgIpc) is 2.84. The summed E-state index contributed by atoms with van der Waals surface area (Å²) in [6.07, 6.45) is -2.23. The van der Waals surface area contributed by atoms with Crippen LogP contribution in [0.4, 0.5) is 13.2 Å². The van der Waals surface area contributed by atoms with Crippen LogP contribution in [-0.2, 0) is 6.54 Å². The van der Waals surface area contributed by atoms with Crippen molar-refractivity contribution < 1.29 is 18.0 Å². The molecule has 0 bridgehead atoms. The molecule has 118 valence electrons. The lowest BCUT2D eigenvalue weighted by atomic mass is 9.87. The van der Waals surface area contributed by atoms with Crippen molar-refractivity contribution in [3.63, 3.8) is 0 Å². The van der Waals surface area contributed by atoms with Gasteiger partial charge in [-0.2, -0.15) is 13.2 Å². The van der Waals surface area contributed by atoms with E-state index in [9.17, 15) is 18.0 Å². The molecule has 2 atom stereocenters. The van der Waals surface area contributed by atoms with E-state index < -0.39 is 12.7 Å². The summed E-state index contributed by atoms with van der Waals surface area (Å²) in [5.74, 6) is 0.282. The number of amides is 1. The highest BCUT2D eigenvalue weighted by Crippen LogP contribution is 2.24. The van der Waals surface area contributed by atoms with Crippen molar-refractivity contribution in [2.75, 3.05) is 19.6 Å². The van der Waals surface area contributed by atoms with E-state index >= 15 is 0 Å². The summed E-state index contributed by atoms with van der Waals surface area (Å²) in [5, 5.41) is 0. The Labute approximate surface area is 121 Å². The number of aromatic nitrogens is 1. The second-order valence-electron chi connectivity index (χ2n) is 5.65. The second-order valence-corrected chi connectivity index (χ2v) is 5.65. The van der Waals surface area contributed by atoms with Crippen molar-refractivity contribution >= 4 is 5.91 Å². The molecule has 1 aliphatic rings. The van der Waals surface area contributed by atoms with E-state index in [2.05, 4.69) is 6.92 Å². The number of alkyl halides is 3. The molecule has 1 aromatic rings. The Morgan fingerprint density at radius 2 is 2.19 bits per heavy atom. The van der Waals surface area contributed by atoms with Crippen molar-refractivity contribution in [1.29, 1.82) is 0 Å². The maximum absolute atomic E-state index is 12.5. The quantitative estimate of drug-likeness (QED) is 0.930. The monoisotopic (exact) mass is 303 g/mol. The molecule has 2 rings (SSSR count). The maximum atomic E-state index is 12.5. The number of carbonyl (C=O) groups is 1. The van der Waals surface area contributed by atoms with Gasteiger partial charge in [-0.25, -0.2) is 0 Å². The van der Waals surface area contributed by atoms with Crippen molar-refractivity contribution in [1.82, 2.24) is 9.47 Å². The summed E-state index contributed by atoms with van der Waals surface area (Å²) < 4.78 is 38.5. The lowest BCUT2D eigenvalue weighted by molar-refractivity contribution is -0.140. The summed E-state index contributed by atoms with van der Waals surface area (Å²) in [4.78, 5) is 14.0. The van der Waals surface area contributed by atoms with Crippen LogP contribution in [0.25, 0.3) is 0 Å². The number of carbonyl (C=O) groups excluding carboxylic acids is 1. The lowest BCUT2D eigenvalue weighted by Crippen LogP contribution is -2.46. The van der Waals surface area contributed by atoms with E-state index in [0.717, 1.165) is 11.0 Å². The molecule has 1 fully saturated rings. The summed E-state index contributed by atoms with van der Waals surface area (Å²) in [5.41, 5.74) is 5.78. The molecule has 4 nitrogen and oxygen atoms in total. The van der Waals surface area contributed by atoms with Crippen LogP contribution < -0.4 is 5.73 Å². The first-order chi connectivity index (χ1) is 9.81. The standard InChI is InChI=1S/C14H20F3N3O/c1-10-4-6-19(8-11(10)7-18)13(21)12-3-2-5-20(12)9-14(15,16)17/h2-3,5,10-11H,4,6-9,18H2,1H3. The van der Waals surface area contributed by atoms with Crippen LogP contribution in [0.5, 0.6) is 0 Å². The predicted molar refractivity (Wildman–Crippen MR) is 72.7 cm³/mol. The largest absolute Gasteiger partial charge is 0.406 e. The Hall–Kier alpha value is -1.50. The van der Waals surface area contributed by atoms with E-state index in [4.69, 9.17) is 5.73 Å². The van der Waals surface area contributed by atoms with Crippen LogP contribution in [-0.4, -0.2) is 41.2 Å². The molecule has 0 radical (unpaired) electrons. The maximum Gasteiger partial charge on any atom is 0.406 e. The first-order valence-electron chi connectivity index (χ1n) is 7.03. The lowest BCUT2D eigenvalue weighted by Gasteiger charge is -2.36. The molecule has 0 spiro atoms. The van der Waals surface area contributed by atoms with Crippen LogP contribution in [0.15, 0.2) is 18.3 Å². The van der Waals surface area contributed by atoms with Gasteiger partial charge in [-0.3, -0.25) is 4.79 Å². The summed E-state index contributed by atoms with van der Waals surface area (Å²) in [6, 6.07) is 2.90. The SMILES string of the molecule is CC1CCN(C(=O)c2cccn2CC(F)(F)F)CC1CN. The highest BCUT2D eigenvalue weighted by atomic mass is 19.4. The Bertz CT molecular complexity index is 498. The molecule has 1 aliphatic heterocycles. The molecule has 2 N–H and O–H groups in total. The molecule has 2 heterocycles. The minimum absolute atomic E-state index is 0.0812. The minimum Gasteiger partial charge on any atom is -0.337 e. The molecule has 2 unspecified atom stereocenters. The van der Waals surface area contributed by atoms with Crippen LogP contribution in [0.3, 0.4) is 0 Å². The van der Waals surface area contributed by atoms with Gasteiger partial charge in [-0.1, -0.05) is 6.92 Å². The molecular weight excluding hydrogens is 283 g/mol. The fourth-order valence-corrected chi connectivity index (χ4v) is 2.74. The van der Waals surface area contributed by atoms with Gasteiger partial charge in [0.1, 0.15) is 12.2 Å². The van der Waals surface area contributed by atoms with Crippen molar-refractivity contribution in [2.24, 2.45) is 17.6 Å². The van der Waals surface area contributed by atoms with Crippen molar-refractivity contribution in [3.05, 3.63) is 24.0 Å². The number of likely N-dealkylation sites (tertiary alicyclic amines) is 1. The van der Waals surface area contributed by atoms with Gasteiger partial charge in [0.05, 0.1) is 0 Å². The second kappa shape index (κ2) is 6.09. The van der Waals surface area contributed by atoms with E-state index in [1.807, 2.05) is 0 Å². The number of halogens is 3. The molecule has 0 aromatic carbocycles. The van der Waals surface area contributed by atoms with Gasteiger partial charge in [0.2, 0.25) is 0 Å². The highest BCUT2D eigenvalue weighted by Gasteiger charge is 2.32. The fourth-order valence-electron chi connectivity index (χ4n) is 2.74. The van der Waals surface area contributed by atoms with Crippen LogP contribution in [0, 0.1) is 11.8 Å². The van der Waals surface area contributed by atoms with Gasteiger partial charge < -0.3 is 15.2 Å². The zero-order chi connectivity index (χ0) is 15.6. The topological polar surface area (TPSA) is 51.3 Å². The van der Waals surface area contributed by atoms with Gasteiger partial charge in [0.25, 0.3) is 5.91 Å². The summed E-state index contributed by atoms with van der Waals surface area (Å²) >= 11 is 0. The first-order valence-corrected chi connectivity index (χ1v) is 7.03. The highest BCUT2D eigenvalue weighted by molar-refractivity contribution is 5.92. The molecule has 1 saturated heterocycles. The first kappa shape index (κ1) is 15.9. The smallest absolute Gasteiger partial charge is 0.337 e. The molecule has 1 amide bonds. The number of rotatable bonds is 3. The predicted octanol–water partition coefficient (Wildman–Crippen LogP) is 2.11. The van der Waals surface area contributed by atoms with E-state index in [0.29, 0.717) is 25.6 Å². The Balaban J connectivity index is 2.12. The Morgan fingerprint density at radius 3 is 2.81 bits per heavy atom. The van der Waals surface area contributed by atoms with Gasteiger partial charge >= 0.3 is 6.18 Å². The van der Waals surface area contributed by atoms with E-state index in [1.165, 1.54) is 18.3 Å². The summed E-state index contributed by atoms with van der Waals surface area (Å²) in [6.45, 7) is 2.49. The van der Waals surface area contributed by atoms with Crippen LogP contribution in [0.1, 0.15) is 23.8 Å². The van der Waals surface area contributed by atoms with Crippen LogP contribution in [0.2, 0.25) is 0 Å². The molecule has 0 aliphatic carbocycles. The van der Waals surface area contributed by atoms with Gasteiger partial charge in [-0.15, -0.1) is 0 Å². The third-order valence-electron chi connectivity index (χ3n) is 4.10. The van der Waals surface area contributed by atoms with Gasteiger partial charge in [0, 0.05) is 19.3 Å². The third-order valence-corrected chi connectivity index (χ3v) is 4.10. The number of hydrogen-bond acceptors (Lipinski definition) is 2. The van der Waals surface area contributed by atoms with E-state index in [1.54, 1.807) is 4.90 Å². The van der Waals surface area contributed by atoms with Crippen molar-refractivity contribution in [2.45, 2.75) is 26.1 Å². The molecule has 0 saturated carbocycles. The Kier molecular flexibility index (Phi) is 4.61. The van der Waals surface area contributed by atoms with E-state index in [-0.39, 0.29) is 17.5 Å². The molecular formula is C14H20F3N3O. The number of hydrogen-bond donors (Lipinski definition) is 1. The van der Waals surface area contributed by atoms with Crippen LogP contribution >= 0.6 is 0 Å². The minimum atomic E-state index is -4.34. The normalized spacial score (nSPS) is 23.4. The Morgan fingerprint density at radius 1 is 1.48 bits per heavy atom. The summed E-state index contributed by atoms with van der Waals surface area (Å²) in [7, 11) is 0. The van der Waals surface area contributed by atoms with Gasteiger partial charge in [0.15, 0.2) is 0 Å². The van der Waals surface area contributed by atoms with Crippen molar-refractivity contribution in [3.8, 4) is 0 Å². The third kappa shape index (κ3) is 3.78. The number of piperidine rings is 1. The molecule has 7 heteroatoms. The zero-order valence-corrected chi connectivity index (χ0v) is 11.9.